The van der Waals surface area contributed by atoms with Crippen molar-refractivity contribution in [3.63, 3.8) is 0 Å². The van der Waals surface area contributed by atoms with Gasteiger partial charge < -0.3 is 10.4 Å². The van der Waals surface area contributed by atoms with E-state index in [0.29, 0.717) is 18.0 Å². The Labute approximate surface area is 93.1 Å². The number of nitrogens with one attached hydrogen (secondary N) is 1. The van der Waals surface area contributed by atoms with Gasteiger partial charge in [-0.05, 0) is 24.1 Å². The fourth-order valence-corrected chi connectivity index (χ4v) is 1.96. The van der Waals surface area contributed by atoms with Crippen LogP contribution in [0.1, 0.15) is 18.4 Å². The van der Waals surface area contributed by atoms with Crippen molar-refractivity contribution in [3.8, 4) is 0 Å². The third kappa shape index (κ3) is 2.13. The Kier molecular flexibility index (Phi) is 2.67. The molecule has 1 aromatic rings. The molecular weight excluding hydrogens is 214 g/mol. The molecule has 80 valence electrons. The molecule has 4 heteroatoms. The molecule has 1 fully saturated rings. The van der Waals surface area contributed by atoms with Crippen LogP contribution in [0, 0.1) is 0 Å². The number of hydrogen-bond donors (Lipinski definition) is 2. The van der Waals surface area contributed by atoms with Crippen molar-refractivity contribution in [1.29, 1.82) is 0 Å². The van der Waals surface area contributed by atoms with Gasteiger partial charge in [0, 0.05) is 11.6 Å². The number of benzene rings is 1. The van der Waals surface area contributed by atoms with Gasteiger partial charge in [-0.3, -0.25) is 4.79 Å². The van der Waals surface area contributed by atoms with Crippen LogP contribution in [0.2, 0.25) is 5.02 Å². The zero-order valence-corrected chi connectivity index (χ0v) is 8.92. The SMILES string of the molecule is O=C1CC(O)(c2ccc(Cl)cc2)CCN1. The number of carbonyl (C=O) groups is 1. The lowest BCUT2D eigenvalue weighted by molar-refractivity contribution is -0.130. The van der Waals surface area contributed by atoms with Crippen LogP contribution in [0.25, 0.3) is 0 Å². The Hall–Kier alpha value is -1.06. The fraction of sp³-hybridized carbons (Fsp3) is 0.364. The maximum Gasteiger partial charge on any atom is 0.223 e. The topological polar surface area (TPSA) is 49.3 Å². The van der Waals surface area contributed by atoms with Crippen molar-refractivity contribution in [3.05, 3.63) is 34.9 Å². The van der Waals surface area contributed by atoms with E-state index in [4.69, 9.17) is 11.6 Å². The number of hydrogen-bond acceptors (Lipinski definition) is 2. The van der Waals surface area contributed by atoms with Gasteiger partial charge in [0.1, 0.15) is 5.60 Å². The van der Waals surface area contributed by atoms with E-state index in [1.54, 1.807) is 24.3 Å². The fourth-order valence-electron chi connectivity index (χ4n) is 1.83. The first kappa shape index (κ1) is 10.5. The first-order valence-electron chi connectivity index (χ1n) is 4.85. The molecule has 0 aliphatic carbocycles. The molecular formula is C11H12ClNO2. The van der Waals surface area contributed by atoms with Gasteiger partial charge in [0.25, 0.3) is 0 Å². The number of rotatable bonds is 1. The van der Waals surface area contributed by atoms with E-state index in [-0.39, 0.29) is 12.3 Å². The largest absolute Gasteiger partial charge is 0.385 e. The van der Waals surface area contributed by atoms with Gasteiger partial charge in [-0.1, -0.05) is 23.7 Å². The third-order valence-electron chi connectivity index (χ3n) is 2.70. The molecule has 1 aliphatic heterocycles. The van der Waals surface area contributed by atoms with E-state index in [1.807, 2.05) is 0 Å². The van der Waals surface area contributed by atoms with Gasteiger partial charge in [-0.15, -0.1) is 0 Å². The summed E-state index contributed by atoms with van der Waals surface area (Å²) in [5, 5.41) is 13.6. The van der Waals surface area contributed by atoms with Crippen LogP contribution in [0.4, 0.5) is 0 Å². The first-order chi connectivity index (χ1) is 7.10. The second-order valence-corrected chi connectivity index (χ2v) is 4.25. The second kappa shape index (κ2) is 3.83. The number of piperidine rings is 1. The first-order valence-corrected chi connectivity index (χ1v) is 5.23. The average molecular weight is 226 g/mol. The highest BCUT2D eigenvalue weighted by molar-refractivity contribution is 6.30. The van der Waals surface area contributed by atoms with Crippen molar-refractivity contribution >= 4 is 17.5 Å². The van der Waals surface area contributed by atoms with E-state index in [9.17, 15) is 9.90 Å². The third-order valence-corrected chi connectivity index (χ3v) is 2.95. The molecule has 0 saturated carbocycles. The standard InChI is InChI=1S/C11H12ClNO2/c12-9-3-1-8(2-4-9)11(15)5-6-13-10(14)7-11/h1-4,15H,5-7H2,(H,13,14). The summed E-state index contributed by atoms with van der Waals surface area (Å²) in [6.45, 7) is 0.512. The number of halogens is 1. The van der Waals surface area contributed by atoms with Crippen LogP contribution in [-0.2, 0) is 10.4 Å². The Bertz CT molecular complexity index is 377. The maximum atomic E-state index is 11.2. The molecule has 0 spiro atoms. The minimum absolute atomic E-state index is 0.112. The van der Waals surface area contributed by atoms with Crippen molar-refractivity contribution in [2.45, 2.75) is 18.4 Å². The predicted octanol–water partition coefficient (Wildman–Crippen LogP) is 1.44. The Morgan fingerprint density at radius 1 is 1.33 bits per heavy atom. The van der Waals surface area contributed by atoms with Crippen molar-refractivity contribution < 1.29 is 9.90 Å². The Balaban J connectivity index is 2.28. The summed E-state index contributed by atoms with van der Waals surface area (Å²) in [7, 11) is 0. The summed E-state index contributed by atoms with van der Waals surface area (Å²) in [4.78, 5) is 11.2. The van der Waals surface area contributed by atoms with Gasteiger partial charge in [0.2, 0.25) is 5.91 Å². The molecule has 1 aliphatic rings. The lowest BCUT2D eigenvalue weighted by Crippen LogP contribution is -2.43. The normalized spacial score (nSPS) is 26.1. The molecule has 1 heterocycles. The lowest BCUT2D eigenvalue weighted by Gasteiger charge is -2.32. The summed E-state index contributed by atoms with van der Waals surface area (Å²) in [5.41, 5.74) is -0.283. The van der Waals surface area contributed by atoms with Crippen LogP contribution in [0.3, 0.4) is 0 Å². The minimum Gasteiger partial charge on any atom is -0.385 e. The smallest absolute Gasteiger partial charge is 0.223 e. The molecule has 3 nitrogen and oxygen atoms in total. The summed E-state index contributed by atoms with van der Waals surface area (Å²) < 4.78 is 0. The zero-order valence-electron chi connectivity index (χ0n) is 8.16. The van der Waals surface area contributed by atoms with Gasteiger partial charge in [0.15, 0.2) is 0 Å². The number of amides is 1. The summed E-state index contributed by atoms with van der Waals surface area (Å²) in [6.07, 6.45) is 0.662. The van der Waals surface area contributed by atoms with Gasteiger partial charge in [-0.25, -0.2) is 0 Å². The number of aliphatic hydroxyl groups is 1. The molecule has 0 radical (unpaired) electrons. The van der Waals surface area contributed by atoms with E-state index < -0.39 is 5.60 Å². The molecule has 1 amide bonds. The number of carbonyl (C=O) groups excluding carboxylic acids is 1. The van der Waals surface area contributed by atoms with E-state index in [1.165, 1.54) is 0 Å². The minimum atomic E-state index is -1.03. The van der Waals surface area contributed by atoms with Gasteiger partial charge in [-0.2, -0.15) is 0 Å². The van der Waals surface area contributed by atoms with E-state index >= 15 is 0 Å². The van der Waals surface area contributed by atoms with Crippen molar-refractivity contribution in [1.82, 2.24) is 5.32 Å². The second-order valence-electron chi connectivity index (χ2n) is 3.82. The Morgan fingerprint density at radius 2 is 2.00 bits per heavy atom. The van der Waals surface area contributed by atoms with Crippen LogP contribution in [0.15, 0.2) is 24.3 Å². The molecule has 0 bridgehead atoms. The van der Waals surface area contributed by atoms with Gasteiger partial charge >= 0.3 is 0 Å². The van der Waals surface area contributed by atoms with Crippen LogP contribution >= 0.6 is 11.6 Å². The van der Waals surface area contributed by atoms with Crippen molar-refractivity contribution in [2.75, 3.05) is 6.54 Å². The summed E-state index contributed by atoms with van der Waals surface area (Å²) >= 11 is 5.76. The van der Waals surface area contributed by atoms with E-state index in [0.717, 1.165) is 5.56 Å². The van der Waals surface area contributed by atoms with Crippen molar-refractivity contribution in [2.24, 2.45) is 0 Å². The summed E-state index contributed by atoms with van der Waals surface area (Å²) in [5.74, 6) is -0.112. The molecule has 2 N–H and O–H groups in total. The van der Waals surface area contributed by atoms with Crippen LogP contribution < -0.4 is 5.32 Å². The predicted molar refractivity (Wildman–Crippen MR) is 57.6 cm³/mol. The molecule has 0 aromatic heterocycles. The molecule has 1 aromatic carbocycles. The molecule has 1 atom stereocenters. The highest BCUT2D eigenvalue weighted by atomic mass is 35.5. The monoisotopic (exact) mass is 225 g/mol. The molecule has 15 heavy (non-hydrogen) atoms. The molecule has 2 rings (SSSR count). The average Bonchev–Trinajstić information content (AvgIpc) is 2.18. The molecule has 1 unspecified atom stereocenters. The van der Waals surface area contributed by atoms with Crippen LogP contribution in [0.5, 0.6) is 0 Å². The van der Waals surface area contributed by atoms with Gasteiger partial charge in [0.05, 0.1) is 6.42 Å². The van der Waals surface area contributed by atoms with Crippen LogP contribution in [-0.4, -0.2) is 17.6 Å². The summed E-state index contributed by atoms with van der Waals surface area (Å²) in [6, 6.07) is 6.98. The highest BCUT2D eigenvalue weighted by Crippen LogP contribution is 2.31. The quantitative estimate of drug-likeness (QED) is 0.760. The highest BCUT2D eigenvalue weighted by Gasteiger charge is 2.34. The molecule has 1 saturated heterocycles. The Morgan fingerprint density at radius 3 is 2.60 bits per heavy atom. The lowest BCUT2D eigenvalue weighted by atomic mass is 9.85. The zero-order chi connectivity index (χ0) is 10.9. The maximum absolute atomic E-state index is 11.2. The van der Waals surface area contributed by atoms with E-state index in [2.05, 4.69) is 5.32 Å².